The summed E-state index contributed by atoms with van der Waals surface area (Å²) in [5.41, 5.74) is 1.83. The fraction of sp³-hybridized carbons (Fsp3) is 0.111. The number of para-hydroxylation sites is 1. The van der Waals surface area contributed by atoms with Gasteiger partial charge in [0.15, 0.2) is 11.4 Å². The number of methoxy groups -OCH3 is 1. The van der Waals surface area contributed by atoms with Crippen LogP contribution in [-0.4, -0.2) is 29.1 Å². The third-order valence-corrected chi connectivity index (χ3v) is 4.19. The number of anilines is 1. The van der Waals surface area contributed by atoms with Crippen LogP contribution in [0.25, 0.3) is 5.69 Å². The zero-order valence-corrected chi connectivity index (χ0v) is 14.2. The Morgan fingerprint density at radius 3 is 2.67 bits per heavy atom. The SMILES string of the molecule is COc1cn(-c2ccccc2)nc1C(=O)Nc1cccc(SC)c1. The van der Waals surface area contributed by atoms with Crippen molar-refractivity contribution in [2.75, 3.05) is 18.7 Å². The number of benzene rings is 2. The van der Waals surface area contributed by atoms with Crippen LogP contribution >= 0.6 is 11.8 Å². The topological polar surface area (TPSA) is 56.2 Å². The molecular weight excluding hydrogens is 322 g/mol. The first-order chi connectivity index (χ1) is 11.7. The minimum absolute atomic E-state index is 0.246. The highest BCUT2D eigenvalue weighted by atomic mass is 32.2. The van der Waals surface area contributed by atoms with Crippen molar-refractivity contribution in [2.45, 2.75) is 4.90 Å². The molecule has 0 radical (unpaired) electrons. The summed E-state index contributed by atoms with van der Waals surface area (Å²) in [5.74, 6) is 0.122. The number of carbonyl (C=O) groups excluding carboxylic acids is 1. The van der Waals surface area contributed by atoms with Crippen LogP contribution in [-0.2, 0) is 0 Å². The molecule has 2 aromatic carbocycles. The number of carbonyl (C=O) groups is 1. The molecule has 0 aliphatic rings. The minimum Gasteiger partial charge on any atom is -0.493 e. The highest BCUT2D eigenvalue weighted by Crippen LogP contribution is 2.23. The molecule has 24 heavy (non-hydrogen) atoms. The van der Waals surface area contributed by atoms with Gasteiger partial charge in [-0.05, 0) is 36.6 Å². The maximum Gasteiger partial charge on any atom is 0.280 e. The fourth-order valence-electron chi connectivity index (χ4n) is 2.27. The molecule has 0 fully saturated rings. The summed E-state index contributed by atoms with van der Waals surface area (Å²) in [5, 5.41) is 7.23. The standard InChI is InChI=1S/C18H17N3O2S/c1-23-16-12-21(14-8-4-3-5-9-14)20-17(16)18(22)19-13-7-6-10-15(11-13)24-2/h3-12H,1-2H3,(H,19,22). The van der Waals surface area contributed by atoms with Crippen LogP contribution in [0, 0.1) is 0 Å². The van der Waals surface area contributed by atoms with Gasteiger partial charge in [0.2, 0.25) is 0 Å². The molecular formula is C18H17N3O2S. The van der Waals surface area contributed by atoms with Crippen LogP contribution in [0.4, 0.5) is 5.69 Å². The zero-order valence-electron chi connectivity index (χ0n) is 13.4. The lowest BCUT2D eigenvalue weighted by Gasteiger charge is -2.06. The normalized spacial score (nSPS) is 10.4. The maximum atomic E-state index is 12.6. The lowest BCUT2D eigenvalue weighted by molar-refractivity contribution is 0.101. The van der Waals surface area contributed by atoms with Gasteiger partial charge in [0, 0.05) is 10.6 Å². The Kier molecular flexibility index (Phi) is 4.86. The lowest BCUT2D eigenvalue weighted by atomic mass is 10.3. The Balaban J connectivity index is 1.87. The van der Waals surface area contributed by atoms with Gasteiger partial charge < -0.3 is 10.1 Å². The van der Waals surface area contributed by atoms with Gasteiger partial charge in [-0.25, -0.2) is 4.68 Å². The van der Waals surface area contributed by atoms with E-state index in [1.165, 1.54) is 7.11 Å². The van der Waals surface area contributed by atoms with E-state index in [4.69, 9.17) is 4.74 Å². The smallest absolute Gasteiger partial charge is 0.280 e. The van der Waals surface area contributed by atoms with Crippen molar-refractivity contribution in [3.05, 3.63) is 66.5 Å². The van der Waals surface area contributed by atoms with E-state index < -0.39 is 0 Å². The number of hydrogen-bond acceptors (Lipinski definition) is 4. The van der Waals surface area contributed by atoms with Crippen molar-refractivity contribution >= 4 is 23.4 Å². The average Bonchev–Trinajstić information content (AvgIpc) is 3.07. The van der Waals surface area contributed by atoms with E-state index in [0.717, 1.165) is 16.3 Å². The first-order valence-corrected chi connectivity index (χ1v) is 8.58. The summed E-state index contributed by atoms with van der Waals surface area (Å²) in [6.45, 7) is 0. The van der Waals surface area contributed by atoms with Gasteiger partial charge in [-0.2, -0.15) is 5.10 Å². The molecule has 3 rings (SSSR count). The Bertz CT molecular complexity index is 846. The van der Waals surface area contributed by atoms with Crippen LogP contribution in [0.3, 0.4) is 0 Å². The molecule has 0 unspecified atom stereocenters. The van der Waals surface area contributed by atoms with Crippen molar-refractivity contribution < 1.29 is 9.53 Å². The summed E-state index contributed by atoms with van der Waals surface area (Å²) in [4.78, 5) is 13.6. The lowest BCUT2D eigenvalue weighted by Crippen LogP contribution is -2.14. The molecule has 0 saturated heterocycles. The van der Waals surface area contributed by atoms with Crippen LogP contribution < -0.4 is 10.1 Å². The van der Waals surface area contributed by atoms with E-state index in [1.807, 2.05) is 60.9 Å². The molecule has 1 aromatic heterocycles. The summed E-state index contributed by atoms with van der Waals surface area (Å²) < 4.78 is 6.93. The van der Waals surface area contributed by atoms with E-state index in [9.17, 15) is 4.79 Å². The molecule has 0 spiro atoms. The van der Waals surface area contributed by atoms with Crippen LogP contribution in [0.5, 0.6) is 5.75 Å². The average molecular weight is 339 g/mol. The van der Waals surface area contributed by atoms with Crippen molar-refractivity contribution in [3.8, 4) is 11.4 Å². The van der Waals surface area contributed by atoms with E-state index in [0.29, 0.717) is 5.75 Å². The van der Waals surface area contributed by atoms with E-state index in [-0.39, 0.29) is 11.6 Å². The number of thioether (sulfide) groups is 1. The van der Waals surface area contributed by atoms with Gasteiger partial charge >= 0.3 is 0 Å². The second-order valence-corrected chi connectivity index (χ2v) is 5.89. The highest BCUT2D eigenvalue weighted by Gasteiger charge is 2.18. The number of aromatic nitrogens is 2. The predicted molar refractivity (Wildman–Crippen MR) is 96.3 cm³/mol. The summed E-state index contributed by atoms with van der Waals surface area (Å²) >= 11 is 1.62. The van der Waals surface area contributed by atoms with Crippen molar-refractivity contribution in [2.24, 2.45) is 0 Å². The molecule has 1 heterocycles. The van der Waals surface area contributed by atoms with Crippen LogP contribution in [0.2, 0.25) is 0 Å². The van der Waals surface area contributed by atoms with E-state index >= 15 is 0 Å². The Hall–Kier alpha value is -2.73. The minimum atomic E-state index is -0.306. The fourth-order valence-corrected chi connectivity index (χ4v) is 2.73. The number of ether oxygens (including phenoxy) is 1. The van der Waals surface area contributed by atoms with E-state index in [1.54, 1.807) is 22.6 Å². The molecule has 122 valence electrons. The zero-order chi connectivity index (χ0) is 16.9. The van der Waals surface area contributed by atoms with Crippen molar-refractivity contribution in [1.82, 2.24) is 9.78 Å². The second kappa shape index (κ2) is 7.23. The molecule has 3 aromatic rings. The summed E-state index contributed by atoms with van der Waals surface area (Å²) in [7, 11) is 1.53. The van der Waals surface area contributed by atoms with Gasteiger partial charge in [0.05, 0.1) is 19.0 Å². The van der Waals surface area contributed by atoms with Gasteiger partial charge in [0.25, 0.3) is 5.91 Å². The van der Waals surface area contributed by atoms with E-state index in [2.05, 4.69) is 10.4 Å². The Morgan fingerprint density at radius 1 is 1.17 bits per heavy atom. The second-order valence-electron chi connectivity index (χ2n) is 5.01. The molecule has 0 aliphatic heterocycles. The summed E-state index contributed by atoms with van der Waals surface area (Å²) in [6, 6.07) is 17.2. The van der Waals surface area contributed by atoms with Gasteiger partial charge in [0.1, 0.15) is 0 Å². The molecule has 0 aliphatic carbocycles. The first kappa shape index (κ1) is 16.1. The predicted octanol–water partition coefficient (Wildman–Crippen LogP) is 3.86. The molecule has 5 nitrogen and oxygen atoms in total. The largest absolute Gasteiger partial charge is 0.493 e. The third kappa shape index (κ3) is 3.44. The van der Waals surface area contributed by atoms with Crippen LogP contribution in [0.15, 0.2) is 65.7 Å². The number of nitrogens with one attached hydrogen (secondary N) is 1. The molecule has 6 heteroatoms. The molecule has 1 amide bonds. The molecule has 1 N–H and O–H groups in total. The maximum absolute atomic E-state index is 12.6. The molecule has 0 bridgehead atoms. The van der Waals surface area contributed by atoms with Gasteiger partial charge in [-0.3, -0.25) is 4.79 Å². The Labute approximate surface area is 144 Å². The highest BCUT2D eigenvalue weighted by molar-refractivity contribution is 7.98. The van der Waals surface area contributed by atoms with Crippen molar-refractivity contribution in [1.29, 1.82) is 0 Å². The first-order valence-electron chi connectivity index (χ1n) is 7.36. The van der Waals surface area contributed by atoms with Gasteiger partial charge in [-0.15, -0.1) is 11.8 Å². The van der Waals surface area contributed by atoms with Gasteiger partial charge in [-0.1, -0.05) is 24.3 Å². The van der Waals surface area contributed by atoms with Crippen LogP contribution in [0.1, 0.15) is 10.5 Å². The quantitative estimate of drug-likeness (QED) is 0.717. The Morgan fingerprint density at radius 2 is 1.96 bits per heavy atom. The summed E-state index contributed by atoms with van der Waals surface area (Å²) in [6.07, 6.45) is 3.69. The monoisotopic (exact) mass is 339 g/mol. The third-order valence-electron chi connectivity index (χ3n) is 3.46. The number of nitrogens with zero attached hydrogens (tertiary/aromatic N) is 2. The molecule has 0 saturated carbocycles. The number of amides is 1. The number of hydrogen-bond donors (Lipinski definition) is 1. The molecule has 0 atom stereocenters. The number of rotatable bonds is 5. The van der Waals surface area contributed by atoms with Crippen molar-refractivity contribution in [3.63, 3.8) is 0 Å².